The van der Waals surface area contributed by atoms with Crippen LogP contribution in [0, 0.1) is 18.6 Å². The number of rotatable bonds is 2. The Balaban J connectivity index is 2.36. The first-order chi connectivity index (χ1) is 11.3. The van der Waals surface area contributed by atoms with E-state index in [-0.39, 0.29) is 22.4 Å². The average Bonchev–Trinajstić information content (AvgIpc) is 2.55. The molecule has 3 aromatic rings. The largest absolute Gasteiger partial charge is 0.352 e. The van der Waals surface area contributed by atoms with E-state index < -0.39 is 22.9 Å². The zero-order valence-electron chi connectivity index (χ0n) is 13.2. The van der Waals surface area contributed by atoms with Crippen LogP contribution in [0.2, 0.25) is 0 Å². The summed E-state index contributed by atoms with van der Waals surface area (Å²) in [4.78, 5) is 28.7. The normalized spacial score (nSPS) is 11.0. The van der Waals surface area contributed by atoms with Gasteiger partial charge >= 0.3 is 5.69 Å². The van der Waals surface area contributed by atoms with Crippen molar-refractivity contribution in [3.63, 3.8) is 0 Å². The Morgan fingerprint density at radius 1 is 1.12 bits per heavy atom. The molecule has 8 heteroatoms. The second kappa shape index (κ2) is 5.55. The van der Waals surface area contributed by atoms with E-state index in [1.807, 2.05) is 0 Å². The van der Waals surface area contributed by atoms with Gasteiger partial charge in [0, 0.05) is 26.4 Å². The van der Waals surface area contributed by atoms with Crippen molar-refractivity contribution in [2.45, 2.75) is 6.92 Å². The molecule has 2 aromatic heterocycles. The number of pyridine rings is 1. The Morgan fingerprint density at radius 3 is 2.54 bits per heavy atom. The first-order valence-corrected chi connectivity index (χ1v) is 7.08. The van der Waals surface area contributed by atoms with Gasteiger partial charge in [-0.25, -0.2) is 18.6 Å². The van der Waals surface area contributed by atoms with E-state index in [0.29, 0.717) is 5.56 Å². The van der Waals surface area contributed by atoms with Crippen LogP contribution in [-0.4, -0.2) is 14.1 Å². The maximum absolute atomic E-state index is 13.9. The number of nitrogens with one attached hydrogen (secondary N) is 1. The molecule has 0 atom stereocenters. The molecule has 0 amide bonds. The fraction of sp³-hybridized carbons (Fsp3) is 0.188. The SMILES string of the molecule is Cc1cnc2c(c1Nc1cc(F)ccc1F)c(=O)n(C)c(=O)n2C. The van der Waals surface area contributed by atoms with E-state index in [4.69, 9.17) is 0 Å². The van der Waals surface area contributed by atoms with E-state index in [1.54, 1.807) is 6.92 Å². The fourth-order valence-electron chi connectivity index (χ4n) is 2.51. The highest BCUT2D eigenvalue weighted by Gasteiger charge is 2.17. The molecule has 124 valence electrons. The maximum Gasteiger partial charge on any atom is 0.332 e. The first kappa shape index (κ1) is 15.9. The van der Waals surface area contributed by atoms with Crippen molar-refractivity contribution in [1.29, 1.82) is 0 Å². The molecule has 0 aliphatic rings. The van der Waals surface area contributed by atoms with E-state index in [0.717, 1.165) is 22.8 Å². The van der Waals surface area contributed by atoms with Crippen molar-refractivity contribution in [3.8, 4) is 0 Å². The third-order valence-electron chi connectivity index (χ3n) is 3.85. The van der Waals surface area contributed by atoms with E-state index in [2.05, 4.69) is 10.3 Å². The van der Waals surface area contributed by atoms with Gasteiger partial charge in [0.15, 0.2) is 5.65 Å². The third-order valence-corrected chi connectivity index (χ3v) is 3.85. The van der Waals surface area contributed by atoms with E-state index in [9.17, 15) is 18.4 Å². The summed E-state index contributed by atoms with van der Waals surface area (Å²) in [5.41, 5.74) is -0.201. The van der Waals surface area contributed by atoms with Gasteiger partial charge in [-0.1, -0.05) is 0 Å². The van der Waals surface area contributed by atoms with Crippen LogP contribution in [0.5, 0.6) is 0 Å². The fourth-order valence-corrected chi connectivity index (χ4v) is 2.51. The number of nitrogens with zero attached hydrogens (tertiary/aromatic N) is 3. The smallest absolute Gasteiger partial charge is 0.332 e. The van der Waals surface area contributed by atoms with Crippen LogP contribution >= 0.6 is 0 Å². The Labute approximate surface area is 135 Å². The molecule has 3 rings (SSSR count). The number of aromatic nitrogens is 3. The number of fused-ring (bicyclic) bond motifs is 1. The van der Waals surface area contributed by atoms with Crippen molar-refractivity contribution in [1.82, 2.24) is 14.1 Å². The minimum atomic E-state index is -0.664. The molecule has 24 heavy (non-hydrogen) atoms. The minimum Gasteiger partial charge on any atom is -0.352 e. The van der Waals surface area contributed by atoms with Gasteiger partial charge in [0.25, 0.3) is 5.56 Å². The quantitative estimate of drug-likeness (QED) is 0.779. The van der Waals surface area contributed by atoms with Gasteiger partial charge in [0.05, 0.1) is 11.4 Å². The van der Waals surface area contributed by atoms with Crippen molar-refractivity contribution < 1.29 is 8.78 Å². The van der Waals surface area contributed by atoms with E-state index in [1.165, 1.54) is 24.9 Å². The van der Waals surface area contributed by atoms with Gasteiger partial charge < -0.3 is 5.32 Å². The van der Waals surface area contributed by atoms with Gasteiger partial charge in [0.1, 0.15) is 17.0 Å². The highest BCUT2D eigenvalue weighted by atomic mass is 19.1. The van der Waals surface area contributed by atoms with E-state index >= 15 is 0 Å². The lowest BCUT2D eigenvalue weighted by molar-refractivity contribution is 0.603. The molecule has 0 aliphatic heterocycles. The number of anilines is 2. The molecule has 0 saturated heterocycles. The summed E-state index contributed by atoms with van der Waals surface area (Å²) in [5.74, 6) is -1.28. The van der Waals surface area contributed by atoms with Crippen LogP contribution in [0.15, 0.2) is 34.0 Å². The maximum atomic E-state index is 13.9. The summed E-state index contributed by atoms with van der Waals surface area (Å²) >= 11 is 0. The second-order valence-corrected chi connectivity index (χ2v) is 5.47. The molecular weight excluding hydrogens is 318 g/mol. The highest BCUT2D eigenvalue weighted by Crippen LogP contribution is 2.27. The molecular formula is C16H14F2N4O2. The van der Waals surface area contributed by atoms with Crippen molar-refractivity contribution >= 4 is 22.4 Å². The number of benzene rings is 1. The lowest BCUT2D eigenvalue weighted by atomic mass is 10.1. The number of hydrogen-bond acceptors (Lipinski definition) is 4. The summed E-state index contributed by atoms with van der Waals surface area (Å²) in [6.07, 6.45) is 1.46. The van der Waals surface area contributed by atoms with Gasteiger partial charge in [-0.2, -0.15) is 0 Å². The van der Waals surface area contributed by atoms with Crippen LogP contribution in [0.4, 0.5) is 20.2 Å². The molecule has 0 bridgehead atoms. The number of hydrogen-bond donors (Lipinski definition) is 1. The lowest BCUT2D eigenvalue weighted by Gasteiger charge is -2.15. The molecule has 0 unspecified atom stereocenters. The Bertz CT molecular complexity index is 1090. The van der Waals surface area contributed by atoms with Crippen molar-refractivity contribution in [2.75, 3.05) is 5.32 Å². The minimum absolute atomic E-state index is 0.110. The molecule has 1 N–H and O–H groups in total. The topological polar surface area (TPSA) is 68.9 Å². The summed E-state index contributed by atoms with van der Waals surface area (Å²) in [7, 11) is 2.83. The monoisotopic (exact) mass is 332 g/mol. The standard InChI is InChI=1S/C16H14F2N4O2/c1-8-7-19-14-12(15(23)22(3)16(24)21(14)2)13(8)20-11-6-9(17)4-5-10(11)18/h4-7H,1-3H3,(H,19,20). The predicted octanol–water partition coefficient (Wildman–Crippen LogP) is 1.96. The molecule has 0 radical (unpaired) electrons. The first-order valence-electron chi connectivity index (χ1n) is 7.08. The molecule has 0 fully saturated rings. The zero-order chi connectivity index (χ0) is 17.6. The number of aryl methyl sites for hydroxylation is 2. The molecule has 0 spiro atoms. The summed E-state index contributed by atoms with van der Waals surface area (Å²) in [6.45, 7) is 1.68. The molecule has 2 heterocycles. The predicted molar refractivity (Wildman–Crippen MR) is 86.6 cm³/mol. The van der Waals surface area contributed by atoms with Gasteiger partial charge in [-0.3, -0.25) is 13.9 Å². The van der Waals surface area contributed by atoms with Crippen LogP contribution in [0.1, 0.15) is 5.56 Å². The van der Waals surface area contributed by atoms with Crippen LogP contribution in [0.25, 0.3) is 11.0 Å². The molecule has 1 aromatic carbocycles. The molecule has 0 aliphatic carbocycles. The Hall–Kier alpha value is -3.03. The highest BCUT2D eigenvalue weighted by molar-refractivity contribution is 5.92. The second-order valence-electron chi connectivity index (χ2n) is 5.47. The summed E-state index contributed by atoms with van der Waals surface area (Å²) < 4.78 is 29.5. The van der Waals surface area contributed by atoms with Crippen LogP contribution in [0.3, 0.4) is 0 Å². The van der Waals surface area contributed by atoms with Crippen molar-refractivity contribution in [2.24, 2.45) is 14.1 Å². The van der Waals surface area contributed by atoms with Gasteiger partial charge in [-0.15, -0.1) is 0 Å². The summed E-state index contributed by atoms with van der Waals surface area (Å²) in [5, 5.41) is 2.88. The third kappa shape index (κ3) is 2.36. The summed E-state index contributed by atoms with van der Waals surface area (Å²) in [6, 6.07) is 2.98. The average molecular weight is 332 g/mol. The van der Waals surface area contributed by atoms with Crippen LogP contribution in [-0.2, 0) is 14.1 Å². The Kier molecular flexibility index (Phi) is 3.67. The number of halogens is 2. The zero-order valence-corrected chi connectivity index (χ0v) is 13.2. The lowest BCUT2D eigenvalue weighted by Crippen LogP contribution is -2.37. The Morgan fingerprint density at radius 2 is 1.83 bits per heavy atom. The van der Waals surface area contributed by atoms with Crippen LogP contribution < -0.4 is 16.6 Å². The molecule has 0 saturated carbocycles. The van der Waals surface area contributed by atoms with Gasteiger partial charge in [0.2, 0.25) is 0 Å². The van der Waals surface area contributed by atoms with Crippen molar-refractivity contribution in [3.05, 3.63) is 62.4 Å². The van der Waals surface area contributed by atoms with Gasteiger partial charge in [-0.05, 0) is 24.6 Å². The molecule has 6 nitrogen and oxygen atoms in total.